The van der Waals surface area contributed by atoms with E-state index in [2.05, 4.69) is 43.4 Å². The van der Waals surface area contributed by atoms with Gasteiger partial charge in [0.2, 0.25) is 0 Å². The van der Waals surface area contributed by atoms with Gasteiger partial charge in [0.25, 0.3) is 5.91 Å². The Balaban J connectivity index is 1.52. The van der Waals surface area contributed by atoms with Crippen LogP contribution in [-0.4, -0.2) is 46.2 Å². The van der Waals surface area contributed by atoms with Crippen molar-refractivity contribution in [3.63, 3.8) is 0 Å². The zero-order valence-electron chi connectivity index (χ0n) is 13.2. The highest BCUT2D eigenvalue weighted by atomic mass is 79.9. The Kier molecular flexibility index (Phi) is 3.89. The smallest absolute Gasteiger partial charge is 0.272 e. The Bertz CT molecular complexity index is 729. The summed E-state index contributed by atoms with van der Waals surface area (Å²) in [6.07, 6.45) is 5.91. The number of benzene rings is 1. The maximum Gasteiger partial charge on any atom is 0.272 e. The van der Waals surface area contributed by atoms with Gasteiger partial charge in [-0.15, -0.1) is 0 Å². The summed E-state index contributed by atoms with van der Waals surface area (Å²) in [5.41, 5.74) is 1.38. The Morgan fingerprint density at radius 1 is 1.35 bits per heavy atom. The molecule has 122 valence electrons. The molecule has 2 fully saturated rings. The lowest BCUT2D eigenvalue weighted by molar-refractivity contribution is 0.0462. The minimum absolute atomic E-state index is 0.0676. The van der Waals surface area contributed by atoms with E-state index in [0.29, 0.717) is 17.8 Å². The molecule has 2 N–H and O–H groups in total. The Morgan fingerprint density at radius 3 is 2.83 bits per heavy atom. The van der Waals surface area contributed by atoms with Gasteiger partial charge in [-0.05, 0) is 50.9 Å². The molecule has 1 amide bonds. The molecule has 23 heavy (non-hydrogen) atoms. The molecule has 2 aliphatic heterocycles. The monoisotopic (exact) mass is 376 g/mol. The summed E-state index contributed by atoms with van der Waals surface area (Å²) < 4.78 is 0.953. The summed E-state index contributed by atoms with van der Waals surface area (Å²) >= 11 is 3.46. The molecule has 0 radical (unpaired) electrons. The zero-order valence-corrected chi connectivity index (χ0v) is 14.8. The van der Waals surface area contributed by atoms with Gasteiger partial charge in [-0.2, -0.15) is 5.10 Å². The number of carbonyl (C=O) groups is 1. The molecule has 2 aliphatic rings. The topological polar surface area (TPSA) is 61.0 Å². The number of H-pyrrole nitrogens is 1. The average Bonchev–Trinajstić information content (AvgIpc) is 2.91. The normalized spacial score (nSPS) is 28.0. The van der Waals surface area contributed by atoms with Crippen LogP contribution in [0.2, 0.25) is 0 Å². The lowest BCUT2D eigenvalue weighted by atomic mass is 9.82. The SMILES string of the molecule is CN1[C@@H]2CCC[C@H]1CC(NC(=O)c1n[nH]c3ccc(Br)cc13)C2. The summed E-state index contributed by atoms with van der Waals surface area (Å²) in [7, 11) is 2.23. The quantitative estimate of drug-likeness (QED) is 0.846. The van der Waals surface area contributed by atoms with Crippen LogP contribution >= 0.6 is 15.9 Å². The maximum atomic E-state index is 12.7. The summed E-state index contributed by atoms with van der Waals surface area (Å²) in [5.74, 6) is -0.0676. The highest BCUT2D eigenvalue weighted by Crippen LogP contribution is 2.32. The third kappa shape index (κ3) is 2.78. The number of aromatic amines is 1. The molecule has 1 aromatic heterocycles. The minimum atomic E-state index is -0.0676. The standard InChI is InChI=1S/C17H21BrN4O/c1-22-12-3-2-4-13(22)9-11(8-12)19-17(23)16-14-7-10(18)5-6-15(14)20-21-16/h5-7,11-13H,2-4,8-9H2,1H3,(H,19,23)(H,20,21)/t11?,12-,13+. The second-order valence-corrected chi connectivity index (χ2v) is 7.72. The number of hydrogen-bond acceptors (Lipinski definition) is 3. The van der Waals surface area contributed by atoms with E-state index in [1.807, 2.05) is 18.2 Å². The third-order valence-electron chi connectivity index (χ3n) is 5.42. The molecule has 3 heterocycles. The van der Waals surface area contributed by atoms with Crippen LogP contribution in [0.1, 0.15) is 42.6 Å². The molecule has 3 atom stereocenters. The molecule has 2 saturated heterocycles. The van der Waals surface area contributed by atoms with Gasteiger partial charge in [0, 0.05) is 28.0 Å². The first-order valence-corrected chi connectivity index (χ1v) is 9.07. The van der Waals surface area contributed by atoms with Crippen molar-refractivity contribution in [3.05, 3.63) is 28.4 Å². The molecule has 0 aliphatic carbocycles. The van der Waals surface area contributed by atoms with Crippen molar-refractivity contribution < 1.29 is 4.79 Å². The second kappa shape index (κ2) is 5.91. The highest BCUT2D eigenvalue weighted by molar-refractivity contribution is 9.10. The fourth-order valence-electron chi connectivity index (χ4n) is 4.15. The number of carbonyl (C=O) groups excluding carboxylic acids is 1. The van der Waals surface area contributed by atoms with Crippen molar-refractivity contribution in [1.82, 2.24) is 20.4 Å². The molecule has 1 unspecified atom stereocenters. The molecule has 6 heteroatoms. The second-order valence-electron chi connectivity index (χ2n) is 6.81. The van der Waals surface area contributed by atoms with Gasteiger partial charge in [-0.3, -0.25) is 9.89 Å². The molecule has 2 aromatic rings. The fraction of sp³-hybridized carbons (Fsp3) is 0.529. The van der Waals surface area contributed by atoms with Crippen LogP contribution in [0.25, 0.3) is 10.9 Å². The average molecular weight is 377 g/mol. The number of hydrogen-bond donors (Lipinski definition) is 2. The Morgan fingerprint density at radius 2 is 2.09 bits per heavy atom. The van der Waals surface area contributed by atoms with E-state index in [4.69, 9.17) is 0 Å². The van der Waals surface area contributed by atoms with Gasteiger partial charge >= 0.3 is 0 Å². The summed E-state index contributed by atoms with van der Waals surface area (Å²) in [6, 6.07) is 7.30. The van der Waals surface area contributed by atoms with Crippen LogP contribution in [0, 0.1) is 0 Å². The summed E-state index contributed by atoms with van der Waals surface area (Å²) in [6.45, 7) is 0. The molecular formula is C17H21BrN4O. The van der Waals surface area contributed by atoms with E-state index in [1.54, 1.807) is 0 Å². The molecule has 0 spiro atoms. The zero-order chi connectivity index (χ0) is 16.0. The van der Waals surface area contributed by atoms with Crippen molar-refractivity contribution in [3.8, 4) is 0 Å². The largest absolute Gasteiger partial charge is 0.348 e. The van der Waals surface area contributed by atoms with Gasteiger partial charge in [-0.25, -0.2) is 0 Å². The van der Waals surface area contributed by atoms with Crippen LogP contribution < -0.4 is 5.32 Å². The predicted octanol–water partition coefficient (Wildman–Crippen LogP) is 3.07. The first kappa shape index (κ1) is 15.1. The predicted molar refractivity (Wildman–Crippen MR) is 93.5 cm³/mol. The number of nitrogens with one attached hydrogen (secondary N) is 2. The number of halogens is 1. The van der Waals surface area contributed by atoms with E-state index >= 15 is 0 Å². The van der Waals surface area contributed by atoms with Crippen LogP contribution in [0.3, 0.4) is 0 Å². The number of fused-ring (bicyclic) bond motifs is 3. The lowest BCUT2D eigenvalue weighted by Gasteiger charge is -2.47. The van der Waals surface area contributed by atoms with E-state index in [9.17, 15) is 4.79 Å². The molecule has 5 nitrogen and oxygen atoms in total. The van der Waals surface area contributed by atoms with Crippen LogP contribution in [0.15, 0.2) is 22.7 Å². The Labute approximate surface area is 143 Å². The number of piperidine rings is 2. The summed E-state index contributed by atoms with van der Waals surface area (Å²) in [5, 5.41) is 11.2. The van der Waals surface area contributed by atoms with Crippen molar-refractivity contribution in [2.45, 2.75) is 50.2 Å². The molecule has 4 rings (SSSR count). The van der Waals surface area contributed by atoms with Crippen molar-refractivity contribution in [1.29, 1.82) is 0 Å². The number of aromatic nitrogens is 2. The van der Waals surface area contributed by atoms with Crippen LogP contribution in [0.5, 0.6) is 0 Å². The summed E-state index contributed by atoms with van der Waals surface area (Å²) in [4.78, 5) is 15.2. The first-order valence-electron chi connectivity index (χ1n) is 8.28. The molecule has 1 aromatic carbocycles. The van der Waals surface area contributed by atoms with E-state index in [-0.39, 0.29) is 11.9 Å². The fourth-order valence-corrected chi connectivity index (χ4v) is 4.51. The highest BCUT2D eigenvalue weighted by Gasteiger charge is 2.36. The number of amides is 1. The van der Waals surface area contributed by atoms with Crippen molar-refractivity contribution in [2.24, 2.45) is 0 Å². The van der Waals surface area contributed by atoms with Gasteiger partial charge < -0.3 is 10.2 Å². The number of nitrogens with zero attached hydrogens (tertiary/aromatic N) is 2. The first-order chi connectivity index (χ1) is 11.1. The minimum Gasteiger partial charge on any atom is -0.348 e. The molecule has 2 bridgehead atoms. The van der Waals surface area contributed by atoms with E-state index in [0.717, 1.165) is 28.2 Å². The van der Waals surface area contributed by atoms with E-state index < -0.39 is 0 Å². The molecular weight excluding hydrogens is 356 g/mol. The third-order valence-corrected chi connectivity index (χ3v) is 5.91. The van der Waals surface area contributed by atoms with Gasteiger partial charge in [0.15, 0.2) is 5.69 Å². The van der Waals surface area contributed by atoms with Crippen LogP contribution in [-0.2, 0) is 0 Å². The van der Waals surface area contributed by atoms with Crippen molar-refractivity contribution in [2.75, 3.05) is 7.05 Å². The van der Waals surface area contributed by atoms with Gasteiger partial charge in [-0.1, -0.05) is 22.4 Å². The van der Waals surface area contributed by atoms with E-state index in [1.165, 1.54) is 19.3 Å². The lowest BCUT2D eigenvalue weighted by Crippen LogP contribution is -2.55. The van der Waals surface area contributed by atoms with Gasteiger partial charge in [0.05, 0.1) is 5.52 Å². The van der Waals surface area contributed by atoms with Crippen LogP contribution in [0.4, 0.5) is 0 Å². The van der Waals surface area contributed by atoms with Gasteiger partial charge in [0.1, 0.15) is 0 Å². The maximum absolute atomic E-state index is 12.7. The Hall–Kier alpha value is -1.40. The van der Waals surface area contributed by atoms with Crippen molar-refractivity contribution >= 4 is 32.7 Å². The number of rotatable bonds is 2. The molecule has 0 saturated carbocycles.